The lowest BCUT2D eigenvalue weighted by molar-refractivity contribution is -0.0174. The Kier molecular flexibility index (Phi) is 6.41. The summed E-state index contributed by atoms with van der Waals surface area (Å²) >= 11 is 0. The predicted octanol–water partition coefficient (Wildman–Crippen LogP) is 0.534. The molecular formula is C13H28N2O2. The second-order valence-electron chi connectivity index (χ2n) is 4.99. The number of hydrogen-bond acceptors (Lipinski definition) is 4. The Morgan fingerprint density at radius 3 is 2.35 bits per heavy atom. The summed E-state index contributed by atoms with van der Waals surface area (Å²) in [6.07, 6.45) is 1.11. The molecule has 4 heteroatoms. The first-order valence-corrected chi connectivity index (χ1v) is 6.94. The molecule has 4 nitrogen and oxygen atoms in total. The normalized spacial score (nSPS) is 27.0. The molecule has 1 aliphatic heterocycles. The van der Waals surface area contributed by atoms with Gasteiger partial charge >= 0.3 is 0 Å². The summed E-state index contributed by atoms with van der Waals surface area (Å²) in [7, 11) is 0. The van der Waals surface area contributed by atoms with Gasteiger partial charge in [0.15, 0.2) is 0 Å². The van der Waals surface area contributed by atoms with Crippen LogP contribution in [0.25, 0.3) is 0 Å². The first kappa shape index (κ1) is 14.9. The fourth-order valence-corrected chi connectivity index (χ4v) is 2.53. The zero-order valence-electron chi connectivity index (χ0n) is 11.5. The second-order valence-corrected chi connectivity index (χ2v) is 4.99. The molecule has 0 radical (unpaired) electrons. The minimum absolute atomic E-state index is 0.225. The first-order valence-electron chi connectivity index (χ1n) is 6.94. The van der Waals surface area contributed by atoms with Crippen molar-refractivity contribution in [3.8, 4) is 0 Å². The summed E-state index contributed by atoms with van der Waals surface area (Å²) in [5.41, 5.74) is 0. The van der Waals surface area contributed by atoms with E-state index in [9.17, 15) is 10.2 Å². The molecule has 1 aliphatic rings. The minimum atomic E-state index is -0.253. The molecule has 1 rings (SSSR count). The van der Waals surface area contributed by atoms with Gasteiger partial charge in [0.05, 0.1) is 12.2 Å². The van der Waals surface area contributed by atoms with E-state index in [-0.39, 0.29) is 18.2 Å². The molecule has 0 aromatic heterocycles. The fourth-order valence-electron chi connectivity index (χ4n) is 2.53. The van der Waals surface area contributed by atoms with Crippen LogP contribution < -0.4 is 0 Å². The van der Waals surface area contributed by atoms with E-state index in [1.165, 1.54) is 0 Å². The zero-order chi connectivity index (χ0) is 12.8. The van der Waals surface area contributed by atoms with Crippen molar-refractivity contribution < 1.29 is 10.2 Å². The molecule has 1 fully saturated rings. The molecular weight excluding hydrogens is 216 g/mol. The van der Waals surface area contributed by atoms with Crippen molar-refractivity contribution in [1.82, 2.24) is 9.80 Å². The van der Waals surface area contributed by atoms with Crippen LogP contribution in [0.3, 0.4) is 0 Å². The molecule has 0 aromatic carbocycles. The fraction of sp³-hybridized carbons (Fsp3) is 1.00. The van der Waals surface area contributed by atoms with Crippen LogP contribution in [-0.4, -0.2) is 71.0 Å². The maximum absolute atomic E-state index is 10.1. The average molecular weight is 244 g/mol. The molecule has 0 bridgehead atoms. The van der Waals surface area contributed by atoms with Crippen LogP contribution in [0.2, 0.25) is 0 Å². The Bertz CT molecular complexity index is 214. The van der Waals surface area contributed by atoms with Gasteiger partial charge in [-0.25, -0.2) is 0 Å². The topological polar surface area (TPSA) is 46.9 Å². The van der Waals surface area contributed by atoms with Gasteiger partial charge < -0.3 is 10.2 Å². The standard InChI is InChI=1S/C13H28N2O2/c1-4-11(16)9-14-7-8-15(6-3)12(10-14)13(17)5-2/h11-13,16-17H,4-10H2,1-3H3. The van der Waals surface area contributed by atoms with Crippen molar-refractivity contribution in [2.75, 3.05) is 32.7 Å². The molecule has 1 heterocycles. The Labute approximate surface area is 105 Å². The minimum Gasteiger partial charge on any atom is -0.392 e. The van der Waals surface area contributed by atoms with Crippen LogP contribution in [0.4, 0.5) is 0 Å². The van der Waals surface area contributed by atoms with Gasteiger partial charge in [-0.3, -0.25) is 9.80 Å². The molecule has 0 aliphatic carbocycles. The zero-order valence-corrected chi connectivity index (χ0v) is 11.5. The largest absolute Gasteiger partial charge is 0.392 e. The van der Waals surface area contributed by atoms with Gasteiger partial charge in [-0.2, -0.15) is 0 Å². The SMILES string of the molecule is CCC(O)CN1CCN(CC)C(C(O)CC)C1. The third-order valence-corrected chi connectivity index (χ3v) is 3.83. The maximum Gasteiger partial charge on any atom is 0.0705 e. The van der Waals surface area contributed by atoms with E-state index in [1.54, 1.807) is 0 Å². The number of rotatable bonds is 6. The van der Waals surface area contributed by atoms with Gasteiger partial charge in [0.1, 0.15) is 0 Å². The number of aliphatic hydroxyl groups is 2. The van der Waals surface area contributed by atoms with Crippen LogP contribution in [0.15, 0.2) is 0 Å². The molecule has 1 saturated heterocycles. The molecule has 102 valence electrons. The molecule has 17 heavy (non-hydrogen) atoms. The molecule has 0 aromatic rings. The van der Waals surface area contributed by atoms with E-state index in [2.05, 4.69) is 16.7 Å². The Hall–Kier alpha value is -0.160. The van der Waals surface area contributed by atoms with Crippen LogP contribution in [0.5, 0.6) is 0 Å². The molecule has 0 saturated carbocycles. The second kappa shape index (κ2) is 7.31. The highest BCUT2D eigenvalue weighted by atomic mass is 16.3. The lowest BCUT2D eigenvalue weighted by Gasteiger charge is -2.43. The number of β-amino-alcohol motifs (C(OH)–C–C–N with tert-alkyl or cyclic N) is 1. The summed E-state index contributed by atoms with van der Waals surface area (Å²) < 4.78 is 0. The molecule has 0 spiro atoms. The van der Waals surface area contributed by atoms with Crippen LogP contribution in [-0.2, 0) is 0 Å². The van der Waals surface area contributed by atoms with Crippen molar-refractivity contribution in [3.05, 3.63) is 0 Å². The van der Waals surface area contributed by atoms with Crippen molar-refractivity contribution >= 4 is 0 Å². The van der Waals surface area contributed by atoms with Crippen molar-refractivity contribution in [2.45, 2.75) is 51.9 Å². The van der Waals surface area contributed by atoms with Crippen LogP contribution >= 0.6 is 0 Å². The van der Waals surface area contributed by atoms with Gasteiger partial charge in [-0.05, 0) is 19.4 Å². The van der Waals surface area contributed by atoms with Crippen molar-refractivity contribution in [1.29, 1.82) is 0 Å². The number of nitrogens with zero attached hydrogens (tertiary/aromatic N) is 2. The van der Waals surface area contributed by atoms with E-state index in [0.717, 1.165) is 45.6 Å². The van der Waals surface area contributed by atoms with E-state index < -0.39 is 0 Å². The first-order chi connectivity index (χ1) is 8.12. The van der Waals surface area contributed by atoms with E-state index in [0.29, 0.717) is 0 Å². The third-order valence-electron chi connectivity index (χ3n) is 3.83. The lowest BCUT2D eigenvalue weighted by atomic mass is 10.0. The highest BCUT2D eigenvalue weighted by Crippen LogP contribution is 2.15. The number of piperazine rings is 1. The number of hydrogen-bond donors (Lipinski definition) is 2. The number of likely N-dealkylation sites (N-methyl/N-ethyl adjacent to an activating group) is 1. The van der Waals surface area contributed by atoms with Crippen LogP contribution in [0, 0.1) is 0 Å². The summed E-state index contributed by atoms with van der Waals surface area (Å²) in [5, 5.41) is 19.8. The van der Waals surface area contributed by atoms with E-state index >= 15 is 0 Å². The van der Waals surface area contributed by atoms with Crippen LogP contribution in [0.1, 0.15) is 33.6 Å². The highest BCUT2D eigenvalue weighted by Gasteiger charge is 2.30. The van der Waals surface area contributed by atoms with Crippen molar-refractivity contribution in [2.24, 2.45) is 0 Å². The summed E-state index contributed by atoms with van der Waals surface area (Å²) in [6, 6.07) is 0.225. The summed E-state index contributed by atoms with van der Waals surface area (Å²) in [5.74, 6) is 0. The smallest absolute Gasteiger partial charge is 0.0705 e. The van der Waals surface area contributed by atoms with Gasteiger partial charge in [0, 0.05) is 32.2 Å². The Morgan fingerprint density at radius 2 is 1.82 bits per heavy atom. The van der Waals surface area contributed by atoms with E-state index in [4.69, 9.17) is 0 Å². The third kappa shape index (κ3) is 4.21. The monoisotopic (exact) mass is 244 g/mol. The van der Waals surface area contributed by atoms with Gasteiger partial charge in [0.25, 0.3) is 0 Å². The quantitative estimate of drug-likeness (QED) is 0.716. The molecule has 3 atom stereocenters. The molecule has 0 amide bonds. The summed E-state index contributed by atoms with van der Waals surface area (Å²) in [6.45, 7) is 10.8. The highest BCUT2D eigenvalue weighted by molar-refractivity contribution is 4.86. The summed E-state index contributed by atoms with van der Waals surface area (Å²) in [4.78, 5) is 4.63. The van der Waals surface area contributed by atoms with Gasteiger partial charge in [-0.15, -0.1) is 0 Å². The van der Waals surface area contributed by atoms with Gasteiger partial charge in [0.2, 0.25) is 0 Å². The lowest BCUT2D eigenvalue weighted by Crippen LogP contribution is -2.58. The maximum atomic E-state index is 10.1. The Morgan fingerprint density at radius 1 is 1.12 bits per heavy atom. The van der Waals surface area contributed by atoms with Gasteiger partial charge in [-0.1, -0.05) is 20.8 Å². The average Bonchev–Trinajstić information content (AvgIpc) is 2.37. The Balaban J connectivity index is 2.53. The van der Waals surface area contributed by atoms with Crippen molar-refractivity contribution in [3.63, 3.8) is 0 Å². The molecule has 2 N–H and O–H groups in total. The predicted molar refractivity (Wildman–Crippen MR) is 70.1 cm³/mol. The molecule has 3 unspecified atom stereocenters. The van der Waals surface area contributed by atoms with E-state index in [1.807, 2.05) is 13.8 Å². The number of aliphatic hydroxyl groups excluding tert-OH is 2.